The molecule has 5 heteroatoms. The summed E-state index contributed by atoms with van der Waals surface area (Å²) in [5.74, 6) is -0.711. The van der Waals surface area contributed by atoms with Crippen LogP contribution in [-0.4, -0.2) is 36.7 Å². The molecule has 1 aromatic rings. The highest BCUT2D eigenvalue weighted by atomic mass is 16.8. The zero-order valence-electron chi connectivity index (χ0n) is 11.5. The number of hydrogen-bond acceptors (Lipinski definition) is 5. The van der Waals surface area contributed by atoms with Crippen molar-refractivity contribution in [3.8, 4) is 0 Å². The fraction of sp³-hybridized carbons (Fsp3) is 0.533. The van der Waals surface area contributed by atoms with Gasteiger partial charge < -0.3 is 23.7 Å². The Hall–Kier alpha value is -1.27. The highest BCUT2D eigenvalue weighted by Gasteiger charge is 2.55. The molecule has 108 valence electrons. The quantitative estimate of drug-likeness (QED) is 0.784. The van der Waals surface area contributed by atoms with Gasteiger partial charge in [0.2, 0.25) is 0 Å². The maximum Gasteiger partial charge on any atom is 0.190 e. The summed E-state index contributed by atoms with van der Waals surface area (Å²) in [7, 11) is 0. The SMILES string of the molecule is CC1(C)O[C@H]2O[C@H](C=O)C(OCc3ccccc3)[C@@H]2O1. The molecule has 4 atom stereocenters. The van der Waals surface area contributed by atoms with Crippen LogP contribution in [0, 0.1) is 0 Å². The van der Waals surface area contributed by atoms with Crippen molar-refractivity contribution in [1.29, 1.82) is 0 Å². The van der Waals surface area contributed by atoms with Gasteiger partial charge in [0.1, 0.15) is 18.3 Å². The van der Waals surface area contributed by atoms with Crippen LogP contribution in [0.4, 0.5) is 0 Å². The van der Waals surface area contributed by atoms with E-state index in [1.165, 1.54) is 0 Å². The summed E-state index contributed by atoms with van der Waals surface area (Å²) < 4.78 is 22.7. The van der Waals surface area contributed by atoms with E-state index >= 15 is 0 Å². The summed E-state index contributed by atoms with van der Waals surface area (Å²) in [6.45, 7) is 4.05. The minimum atomic E-state index is -0.711. The smallest absolute Gasteiger partial charge is 0.190 e. The van der Waals surface area contributed by atoms with Gasteiger partial charge in [0.15, 0.2) is 18.4 Å². The summed E-state index contributed by atoms with van der Waals surface area (Å²) >= 11 is 0. The zero-order valence-corrected chi connectivity index (χ0v) is 11.5. The Morgan fingerprint density at radius 1 is 1.25 bits per heavy atom. The minimum Gasteiger partial charge on any atom is -0.367 e. The predicted molar refractivity (Wildman–Crippen MR) is 69.8 cm³/mol. The van der Waals surface area contributed by atoms with E-state index < -0.39 is 24.3 Å². The summed E-state index contributed by atoms with van der Waals surface area (Å²) in [5.41, 5.74) is 1.04. The van der Waals surface area contributed by atoms with Crippen LogP contribution in [-0.2, 0) is 30.3 Å². The average Bonchev–Trinajstić information content (AvgIpc) is 2.89. The lowest BCUT2D eigenvalue weighted by Crippen LogP contribution is -2.37. The van der Waals surface area contributed by atoms with Crippen molar-refractivity contribution in [3.63, 3.8) is 0 Å². The molecular weight excluding hydrogens is 260 g/mol. The van der Waals surface area contributed by atoms with Gasteiger partial charge in [-0.15, -0.1) is 0 Å². The summed E-state index contributed by atoms with van der Waals surface area (Å²) in [4.78, 5) is 11.1. The van der Waals surface area contributed by atoms with E-state index in [1.807, 2.05) is 44.2 Å². The molecule has 2 aliphatic rings. The number of rotatable bonds is 4. The fourth-order valence-corrected chi connectivity index (χ4v) is 2.57. The van der Waals surface area contributed by atoms with Gasteiger partial charge in [-0.3, -0.25) is 0 Å². The van der Waals surface area contributed by atoms with Crippen LogP contribution < -0.4 is 0 Å². The van der Waals surface area contributed by atoms with Gasteiger partial charge in [0, 0.05) is 0 Å². The molecule has 0 spiro atoms. The van der Waals surface area contributed by atoms with Crippen LogP contribution >= 0.6 is 0 Å². The lowest BCUT2D eigenvalue weighted by atomic mass is 10.1. The molecule has 0 N–H and O–H groups in total. The van der Waals surface area contributed by atoms with Crippen molar-refractivity contribution in [2.24, 2.45) is 0 Å². The maximum absolute atomic E-state index is 11.1. The molecule has 5 nitrogen and oxygen atoms in total. The molecule has 1 unspecified atom stereocenters. The largest absolute Gasteiger partial charge is 0.367 e. The number of hydrogen-bond donors (Lipinski definition) is 0. The molecular formula is C15H18O5. The van der Waals surface area contributed by atoms with E-state index in [9.17, 15) is 4.79 Å². The third-order valence-electron chi connectivity index (χ3n) is 3.45. The van der Waals surface area contributed by atoms with Gasteiger partial charge in [-0.05, 0) is 19.4 Å². The first-order chi connectivity index (χ1) is 9.59. The van der Waals surface area contributed by atoms with Gasteiger partial charge in [-0.1, -0.05) is 30.3 Å². The second-order valence-electron chi connectivity index (χ2n) is 5.47. The number of carbonyl (C=O) groups excluding carboxylic acids is 1. The van der Waals surface area contributed by atoms with Crippen molar-refractivity contribution in [3.05, 3.63) is 35.9 Å². The molecule has 0 radical (unpaired) electrons. The van der Waals surface area contributed by atoms with Crippen molar-refractivity contribution < 1.29 is 23.7 Å². The van der Waals surface area contributed by atoms with Gasteiger partial charge in [-0.2, -0.15) is 0 Å². The summed E-state index contributed by atoms with van der Waals surface area (Å²) in [6.07, 6.45) is -1.26. The Kier molecular flexibility index (Phi) is 3.60. The molecule has 0 aromatic heterocycles. The topological polar surface area (TPSA) is 54.0 Å². The predicted octanol–water partition coefficient (Wildman–Crippen LogP) is 1.65. The molecule has 2 heterocycles. The first kappa shape index (κ1) is 13.7. The molecule has 0 aliphatic carbocycles. The Morgan fingerprint density at radius 3 is 2.70 bits per heavy atom. The van der Waals surface area contributed by atoms with E-state index in [-0.39, 0.29) is 6.10 Å². The molecule has 0 amide bonds. The lowest BCUT2D eigenvalue weighted by molar-refractivity contribution is -0.216. The van der Waals surface area contributed by atoms with Gasteiger partial charge in [-0.25, -0.2) is 0 Å². The normalized spacial score (nSPS) is 34.9. The van der Waals surface area contributed by atoms with E-state index in [1.54, 1.807) is 0 Å². The Bertz CT molecular complexity index is 472. The van der Waals surface area contributed by atoms with E-state index in [0.29, 0.717) is 6.61 Å². The Balaban J connectivity index is 1.68. The number of aldehydes is 1. The fourth-order valence-electron chi connectivity index (χ4n) is 2.57. The van der Waals surface area contributed by atoms with Crippen LogP contribution in [0.1, 0.15) is 19.4 Å². The molecule has 2 aliphatic heterocycles. The second-order valence-corrected chi connectivity index (χ2v) is 5.47. The third kappa shape index (κ3) is 2.62. The van der Waals surface area contributed by atoms with Crippen molar-refractivity contribution in [1.82, 2.24) is 0 Å². The van der Waals surface area contributed by atoms with Crippen molar-refractivity contribution in [2.45, 2.75) is 50.8 Å². The van der Waals surface area contributed by atoms with E-state index in [2.05, 4.69) is 0 Å². The number of fused-ring (bicyclic) bond motifs is 1. The Labute approximate surface area is 117 Å². The van der Waals surface area contributed by atoms with Crippen molar-refractivity contribution >= 4 is 6.29 Å². The van der Waals surface area contributed by atoms with Crippen LogP contribution in [0.3, 0.4) is 0 Å². The van der Waals surface area contributed by atoms with Crippen LogP contribution in [0.25, 0.3) is 0 Å². The second kappa shape index (κ2) is 5.26. The monoisotopic (exact) mass is 278 g/mol. The van der Waals surface area contributed by atoms with E-state index in [0.717, 1.165) is 11.8 Å². The Morgan fingerprint density at radius 2 is 2.00 bits per heavy atom. The first-order valence-corrected chi connectivity index (χ1v) is 6.71. The lowest BCUT2D eigenvalue weighted by Gasteiger charge is -2.23. The highest BCUT2D eigenvalue weighted by molar-refractivity contribution is 5.58. The number of ether oxygens (including phenoxy) is 4. The minimum absolute atomic E-state index is 0.371. The van der Waals surface area contributed by atoms with Gasteiger partial charge in [0.25, 0.3) is 0 Å². The zero-order chi connectivity index (χ0) is 14.2. The molecule has 0 saturated carbocycles. The third-order valence-corrected chi connectivity index (χ3v) is 3.45. The molecule has 1 aromatic carbocycles. The average molecular weight is 278 g/mol. The molecule has 0 bridgehead atoms. The number of benzene rings is 1. The van der Waals surface area contributed by atoms with Crippen LogP contribution in [0.5, 0.6) is 0 Å². The standard InChI is InChI=1S/C15H18O5/c1-15(2)19-13-12(11(8-16)18-14(13)20-15)17-9-10-6-4-3-5-7-10/h3-8,11-14H,9H2,1-2H3/t11-,12?,13+,14-/m1/s1. The number of carbonyl (C=O) groups is 1. The molecule has 2 saturated heterocycles. The summed E-state index contributed by atoms with van der Waals surface area (Å²) in [6, 6.07) is 9.78. The summed E-state index contributed by atoms with van der Waals surface area (Å²) in [5, 5.41) is 0. The first-order valence-electron chi connectivity index (χ1n) is 6.71. The van der Waals surface area contributed by atoms with Crippen LogP contribution in [0.2, 0.25) is 0 Å². The van der Waals surface area contributed by atoms with Gasteiger partial charge >= 0.3 is 0 Å². The van der Waals surface area contributed by atoms with Crippen LogP contribution in [0.15, 0.2) is 30.3 Å². The maximum atomic E-state index is 11.1. The van der Waals surface area contributed by atoms with E-state index in [4.69, 9.17) is 18.9 Å². The van der Waals surface area contributed by atoms with Crippen molar-refractivity contribution in [2.75, 3.05) is 0 Å². The molecule has 20 heavy (non-hydrogen) atoms. The molecule has 2 fully saturated rings. The molecule has 3 rings (SSSR count). The highest BCUT2D eigenvalue weighted by Crippen LogP contribution is 2.38. The van der Waals surface area contributed by atoms with Gasteiger partial charge in [0.05, 0.1) is 6.61 Å².